The van der Waals surface area contributed by atoms with Crippen LogP contribution in [-0.4, -0.2) is 29.3 Å². The van der Waals surface area contributed by atoms with Gasteiger partial charge in [0.15, 0.2) is 0 Å². The topological polar surface area (TPSA) is 32.3 Å². The lowest BCUT2D eigenvalue weighted by Crippen LogP contribution is -2.39. The Morgan fingerprint density at radius 1 is 1.29 bits per heavy atom. The number of thioether (sulfide) groups is 1. The van der Waals surface area contributed by atoms with Crippen molar-refractivity contribution in [2.24, 2.45) is 0 Å². The Kier molecular flexibility index (Phi) is 6.03. The van der Waals surface area contributed by atoms with Crippen LogP contribution >= 0.6 is 11.8 Å². The number of aliphatic hydroxyl groups excluding tert-OH is 1. The third-order valence-electron chi connectivity index (χ3n) is 3.21. The SMILES string of the molecule is CSC(CO)C(C)NC(C)c1ccccc1C. The minimum atomic E-state index is 0.218. The molecule has 3 atom stereocenters. The molecule has 2 nitrogen and oxygen atoms in total. The van der Waals surface area contributed by atoms with Crippen molar-refractivity contribution in [3.8, 4) is 0 Å². The van der Waals surface area contributed by atoms with Gasteiger partial charge in [-0.1, -0.05) is 24.3 Å². The molecule has 0 heterocycles. The highest BCUT2D eigenvalue weighted by molar-refractivity contribution is 7.99. The highest BCUT2D eigenvalue weighted by atomic mass is 32.2. The number of rotatable bonds is 6. The van der Waals surface area contributed by atoms with E-state index in [1.54, 1.807) is 11.8 Å². The van der Waals surface area contributed by atoms with Gasteiger partial charge in [-0.15, -0.1) is 0 Å². The predicted octanol–water partition coefficient (Wildman–Crippen LogP) is 2.76. The van der Waals surface area contributed by atoms with Crippen molar-refractivity contribution in [2.45, 2.75) is 38.1 Å². The van der Waals surface area contributed by atoms with Crippen LogP contribution in [0.3, 0.4) is 0 Å². The zero-order chi connectivity index (χ0) is 12.8. The van der Waals surface area contributed by atoms with Gasteiger partial charge in [-0.3, -0.25) is 0 Å². The average molecular weight is 253 g/mol. The highest BCUT2D eigenvalue weighted by Crippen LogP contribution is 2.19. The molecule has 0 aliphatic rings. The molecular formula is C14H23NOS. The second kappa shape index (κ2) is 7.04. The minimum absolute atomic E-state index is 0.218. The van der Waals surface area contributed by atoms with Crippen LogP contribution < -0.4 is 5.32 Å². The summed E-state index contributed by atoms with van der Waals surface area (Å²) in [4.78, 5) is 0. The Labute approximate surface area is 109 Å². The molecule has 0 radical (unpaired) electrons. The van der Waals surface area contributed by atoms with Crippen LogP contribution in [0.15, 0.2) is 24.3 Å². The van der Waals surface area contributed by atoms with Gasteiger partial charge in [-0.25, -0.2) is 0 Å². The standard InChI is InChI=1S/C14H23NOS/c1-10-7-5-6-8-13(10)11(2)15-12(3)14(9-16)17-4/h5-8,11-12,14-16H,9H2,1-4H3. The minimum Gasteiger partial charge on any atom is -0.395 e. The van der Waals surface area contributed by atoms with Gasteiger partial charge < -0.3 is 10.4 Å². The van der Waals surface area contributed by atoms with Crippen molar-refractivity contribution in [1.82, 2.24) is 5.32 Å². The normalized spacial score (nSPS) is 16.5. The van der Waals surface area contributed by atoms with E-state index in [1.807, 2.05) is 6.26 Å². The molecule has 3 heteroatoms. The van der Waals surface area contributed by atoms with Crippen molar-refractivity contribution in [3.05, 3.63) is 35.4 Å². The van der Waals surface area contributed by atoms with Gasteiger partial charge in [0.05, 0.1) is 6.61 Å². The van der Waals surface area contributed by atoms with Crippen LogP contribution in [0.25, 0.3) is 0 Å². The quantitative estimate of drug-likeness (QED) is 0.817. The van der Waals surface area contributed by atoms with Crippen LogP contribution in [0.1, 0.15) is 31.0 Å². The molecule has 0 amide bonds. The maximum atomic E-state index is 9.27. The Balaban J connectivity index is 2.66. The lowest BCUT2D eigenvalue weighted by atomic mass is 10.0. The smallest absolute Gasteiger partial charge is 0.0564 e. The van der Waals surface area contributed by atoms with Crippen molar-refractivity contribution >= 4 is 11.8 Å². The Hall–Kier alpha value is -0.510. The molecule has 0 aromatic heterocycles. The number of nitrogens with one attached hydrogen (secondary N) is 1. The predicted molar refractivity (Wildman–Crippen MR) is 76.6 cm³/mol. The Bertz CT molecular complexity index is 339. The lowest BCUT2D eigenvalue weighted by molar-refractivity contribution is 0.271. The maximum absolute atomic E-state index is 9.27. The zero-order valence-corrected chi connectivity index (χ0v) is 11.9. The van der Waals surface area contributed by atoms with E-state index in [4.69, 9.17) is 0 Å². The molecule has 0 spiro atoms. The van der Waals surface area contributed by atoms with Crippen molar-refractivity contribution in [3.63, 3.8) is 0 Å². The molecule has 0 bridgehead atoms. The summed E-state index contributed by atoms with van der Waals surface area (Å²) in [5.41, 5.74) is 2.64. The first-order chi connectivity index (χ1) is 8.10. The number of benzene rings is 1. The van der Waals surface area contributed by atoms with Crippen LogP contribution in [0, 0.1) is 6.92 Å². The van der Waals surface area contributed by atoms with E-state index < -0.39 is 0 Å². The van der Waals surface area contributed by atoms with Crippen molar-refractivity contribution in [2.75, 3.05) is 12.9 Å². The molecule has 1 rings (SSSR count). The van der Waals surface area contributed by atoms with E-state index in [1.165, 1.54) is 11.1 Å². The third-order valence-corrected chi connectivity index (χ3v) is 4.37. The first kappa shape index (κ1) is 14.6. The van der Waals surface area contributed by atoms with Gasteiger partial charge in [0.2, 0.25) is 0 Å². The van der Waals surface area contributed by atoms with Gasteiger partial charge in [-0.2, -0.15) is 11.8 Å². The summed E-state index contributed by atoms with van der Waals surface area (Å²) >= 11 is 1.71. The summed E-state index contributed by atoms with van der Waals surface area (Å²) in [6.07, 6.45) is 2.04. The van der Waals surface area contributed by atoms with Gasteiger partial charge in [-0.05, 0) is 38.2 Å². The fourth-order valence-corrected chi connectivity index (χ4v) is 2.74. The van der Waals surface area contributed by atoms with Gasteiger partial charge in [0, 0.05) is 17.3 Å². The average Bonchev–Trinajstić information content (AvgIpc) is 2.31. The summed E-state index contributed by atoms with van der Waals surface area (Å²) in [5.74, 6) is 0. The van der Waals surface area contributed by atoms with Crippen LogP contribution in [-0.2, 0) is 0 Å². The number of hydrogen-bond donors (Lipinski definition) is 2. The zero-order valence-electron chi connectivity index (χ0n) is 11.1. The molecule has 17 heavy (non-hydrogen) atoms. The van der Waals surface area contributed by atoms with Crippen molar-refractivity contribution in [1.29, 1.82) is 0 Å². The monoisotopic (exact) mass is 253 g/mol. The van der Waals surface area contributed by atoms with E-state index in [-0.39, 0.29) is 11.9 Å². The molecule has 0 aliphatic carbocycles. The van der Waals surface area contributed by atoms with Crippen LogP contribution in [0.5, 0.6) is 0 Å². The first-order valence-electron chi connectivity index (χ1n) is 6.05. The Morgan fingerprint density at radius 3 is 2.47 bits per heavy atom. The lowest BCUT2D eigenvalue weighted by Gasteiger charge is -2.26. The summed E-state index contributed by atoms with van der Waals surface area (Å²) in [6, 6.07) is 9.04. The highest BCUT2D eigenvalue weighted by Gasteiger charge is 2.18. The number of hydrogen-bond acceptors (Lipinski definition) is 3. The summed E-state index contributed by atoms with van der Waals surface area (Å²) in [6.45, 7) is 6.66. The molecule has 0 saturated heterocycles. The van der Waals surface area contributed by atoms with Gasteiger partial charge >= 0.3 is 0 Å². The second-order valence-corrected chi connectivity index (χ2v) is 5.57. The molecule has 0 aliphatic heterocycles. The van der Waals surface area contributed by atoms with Crippen molar-refractivity contribution < 1.29 is 5.11 Å². The summed E-state index contributed by atoms with van der Waals surface area (Å²) < 4.78 is 0. The summed E-state index contributed by atoms with van der Waals surface area (Å²) in [7, 11) is 0. The van der Waals surface area contributed by atoms with Gasteiger partial charge in [0.1, 0.15) is 0 Å². The maximum Gasteiger partial charge on any atom is 0.0564 e. The first-order valence-corrected chi connectivity index (χ1v) is 7.34. The van der Waals surface area contributed by atoms with Gasteiger partial charge in [0.25, 0.3) is 0 Å². The Morgan fingerprint density at radius 2 is 1.94 bits per heavy atom. The third kappa shape index (κ3) is 4.02. The van der Waals surface area contributed by atoms with E-state index in [2.05, 4.69) is 50.4 Å². The largest absolute Gasteiger partial charge is 0.395 e. The van der Waals surface area contributed by atoms with E-state index in [0.29, 0.717) is 12.1 Å². The molecule has 2 N–H and O–H groups in total. The molecule has 1 aromatic rings. The fraction of sp³-hybridized carbons (Fsp3) is 0.571. The van der Waals surface area contributed by atoms with Crippen LogP contribution in [0.2, 0.25) is 0 Å². The molecule has 0 saturated carbocycles. The second-order valence-electron chi connectivity index (χ2n) is 4.49. The fourth-order valence-electron chi connectivity index (χ4n) is 2.10. The number of aryl methyl sites for hydroxylation is 1. The molecule has 96 valence electrons. The van der Waals surface area contributed by atoms with E-state index in [0.717, 1.165) is 0 Å². The molecule has 0 fully saturated rings. The number of aliphatic hydroxyl groups is 1. The van der Waals surface area contributed by atoms with Crippen LogP contribution in [0.4, 0.5) is 0 Å². The van der Waals surface area contributed by atoms with E-state index >= 15 is 0 Å². The molecule has 1 aromatic carbocycles. The molecular weight excluding hydrogens is 230 g/mol. The molecule has 3 unspecified atom stereocenters. The summed E-state index contributed by atoms with van der Waals surface area (Å²) in [5, 5.41) is 13.1. The van der Waals surface area contributed by atoms with E-state index in [9.17, 15) is 5.11 Å².